The lowest BCUT2D eigenvalue weighted by Gasteiger charge is -2.26. The molecule has 3 rings (SSSR count). The maximum atomic E-state index is 13.1. The number of nitrogens with zero attached hydrogens (tertiary/aromatic N) is 1. The van der Waals surface area contributed by atoms with Crippen molar-refractivity contribution in [3.8, 4) is 23.0 Å². The molecule has 34 heavy (non-hydrogen) atoms. The summed E-state index contributed by atoms with van der Waals surface area (Å²) in [5.74, 6) is -0.272. The monoisotopic (exact) mass is 468 g/mol. The van der Waals surface area contributed by atoms with Gasteiger partial charge in [0.1, 0.15) is 5.57 Å². The number of carbonyl (C=O) groups excluding carboxylic acids is 3. The van der Waals surface area contributed by atoms with Crippen molar-refractivity contribution in [2.24, 2.45) is 0 Å². The number of benzene rings is 2. The van der Waals surface area contributed by atoms with Crippen LogP contribution in [0.2, 0.25) is 0 Å². The van der Waals surface area contributed by atoms with E-state index in [2.05, 4.69) is 5.32 Å². The number of phenols is 1. The topological polar surface area (TPSA) is 114 Å². The summed E-state index contributed by atoms with van der Waals surface area (Å²) in [6, 6.07) is 8.83. The van der Waals surface area contributed by atoms with Crippen LogP contribution in [-0.2, 0) is 16.1 Å². The fourth-order valence-electron chi connectivity index (χ4n) is 3.33. The number of barbiturate groups is 1. The third kappa shape index (κ3) is 5.67. The molecule has 0 saturated carbocycles. The van der Waals surface area contributed by atoms with Crippen LogP contribution < -0.4 is 19.5 Å². The summed E-state index contributed by atoms with van der Waals surface area (Å²) >= 11 is 0. The number of aromatic hydroxyl groups is 1. The minimum absolute atomic E-state index is 0.0586. The number of rotatable bonds is 10. The number of imide groups is 2. The van der Waals surface area contributed by atoms with E-state index in [-0.39, 0.29) is 23.6 Å². The van der Waals surface area contributed by atoms with Crippen LogP contribution in [-0.4, -0.2) is 47.7 Å². The summed E-state index contributed by atoms with van der Waals surface area (Å²) in [7, 11) is 0. The van der Waals surface area contributed by atoms with Gasteiger partial charge in [-0.2, -0.15) is 0 Å². The van der Waals surface area contributed by atoms with E-state index in [9.17, 15) is 19.5 Å². The number of phenolic OH excluding ortho intramolecular Hbond substituents is 1. The predicted molar refractivity (Wildman–Crippen MR) is 125 cm³/mol. The zero-order valence-corrected chi connectivity index (χ0v) is 19.4. The van der Waals surface area contributed by atoms with Crippen LogP contribution in [0.1, 0.15) is 38.3 Å². The van der Waals surface area contributed by atoms with Crippen LogP contribution in [0.4, 0.5) is 4.79 Å². The van der Waals surface area contributed by atoms with Crippen LogP contribution in [0.25, 0.3) is 6.08 Å². The Bertz CT molecular complexity index is 1110. The van der Waals surface area contributed by atoms with E-state index in [0.29, 0.717) is 42.4 Å². The third-order valence-corrected chi connectivity index (χ3v) is 4.89. The van der Waals surface area contributed by atoms with Crippen molar-refractivity contribution in [2.45, 2.75) is 33.7 Å². The molecule has 1 heterocycles. The highest BCUT2D eigenvalue weighted by Gasteiger charge is 2.35. The van der Waals surface area contributed by atoms with Gasteiger partial charge in [0.05, 0.1) is 26.4 Å². The highest BCUT2D eigenvalue weighted by atomic mass is 16.5. The average molecular weight is 469 g/mol. The Kier molecular flexibility index (Phi) is 8.13. The lowest BCUT2D eigenvalue weighted by Crippen LogP contribution is -2.53. The van der Waals surface area contributed by atoms with E-state index in [0.717, 1.165) is 11.3 Å². The molecule has 0 atom stereocenters. The quantitative estimate of drug-likeness (QED) is 0.404. The standard InChI is InChI=1S/C25H28N2O7/c1-4-11-34-20-10-8-17(14-22(20)33-6-3)15-27-24(30)18(23(29)26-25(27)31)12-16-7-9-19(28)21(13-16)32-5-2/h7-10,12-14,28H,4-6,11,15H2,1-3H3,(H,26,29,31)/b18-12+. The first-order chi connectivity index (χ1) is 16.4. The van der Waals surface area contributed by atoms with Gasteiger partial charge < -0.3 is 19.3 Å². The average Bonchev–Trinajstić information content (AvgIpc) is 2.81. The molecule has 1 saturated heterocycles. The molecule has 9 nitrogen and oxygen atoms in total. The fraction of sp³-hybridized carbons (Fsp3) is 0.320. The smallest absolute Gasteiger partial charge is 0.331 e. The molecular weight excluding hydrogens is 440 g/mol. The van der Waals surface area contributed by atoms with Crippen LogP contribution >= 0.6 is 0 Å². The fourth-order valence-corrected chi connectivity index (χ4v) is 3.33. The first kappa shape index (κ1) is 24.6. The molecule has 2 N–H and O–H groups in total. The first-order valence-corrected chi connectivity index (χ1v) is 11.1. The summed E-state index contributed by atoms with van der Waals surface area (Å²) in [5, 5.41) is 12.1. The molecule has 0 bridgehead atoms. The second-order valence-electron chi connectivity index (χ2n) is 7.43. The molecule has 1 aliphatic rings. The molecule has 0 unspecified atom stereocenters. The molecular formula is C25H28N2O7. The van der Waals surface area contributed by atoms with E-state index in [1.807, 2.05) is 13.8 Å². The van der Waals surface area contributed by atoms with Crippen LogP contribution in [0.5, 0.6) is 23.0 Å². The summed E-state index contributed by atoms with van der Waals surface area (Å²) < 4.78 is 16.7. The number of amides is 4. The molecule has 2 aromatic rings. The Balaban J connectivity index is 1.87. The van der Waals surface area contributed by atoms with Gasteiger partial charge in [-0.05, 0) is 61.7 Å². The third-order valence-electron chi connectivity index (χ3n) is 4.89. The molecule has 0 aromatic heterocycles. The second kappa shape index (κ2) is 11.2. The van der Waals surface area contributed by atoms with Crippen molar-refractivity contribution in [2.75, 3.05) is 19.8 Å². The van der Waals surface area contributed by atoms with Crippen molar-refractivity contribution in [3.05, 3.63) is 53.1 Å². The maximum Gasteiger partial charge on any atom is 0.331 e. The van der Waals surface area contributed by atoms with E-state index in [1.165, 1.54) is 24.3 Å². The molecule has 4 amide bonds. The van der Waals surface area contributed by atoms with Crippen LogP contribution in [0.15, 0.2) is 42.0 Å². The van der Waals surface area contributed by atoms with E-state index in [4.69, 9.17) is 14.2 Å². The number of nitrogens with one attached hydrogen (secondary N) is 1. The summed E-state index contributed by atoms with van der Waals surface area (Å²) in [5.41, 5.74) is 0.888. The second-order valence-corrected chi connectivity index (χ2v) is 7.43. The molecule has 1 fully saturated rings. The van der Waals surface area contributed by atoms with Gasteiger partial charge in [0, 0.05) is 0 Å². The van der Waals surface area contributed by atoms with Crippen molar-refractivity contribution in [3.63, 3.8) is 0 Å². The Labute approximate surface area is 197 Å². The maximum absolute atomic E-state index is 13.1. The number of carbonyl (C=O) groups is 3. The first-order valence-electron chi connectivity index (χ1n) is 11.1. The van der Waals surface area contributed by atoms with Crippen molar-refractivity contribution in [1.82, 2.24) is 10.2 Å². The number of urea groups is 1. The largest absolute Gasteiger partial charge is 0.504 e. The molecule has 0 radical (unpaired) electrons. The van der Waals surface area contributed by atoms with Gasteiger partial charge >= 0.3 is 6.03 Å². The van der Waals surface area contributed by atoms with Crippen molar-refractivity contribution in [1.29, 1.82) is 0 Å². The summed E-state index contributed by atoms with van der Waals surface area (Å²) in [6.07, 6.45) is 2.19. The molecule has 2 aromatic carbocycles. The predicted octanol–water partition coefficient (Wildman–Crippen LogP) is 3.64. The molecule has 1 aliphatic heterocycles. The lowest BCUT2D eigenvalue weighted by atomic mass is 10.1. The van der Waals surface area contributed by atoms with Gasteiger partial charge in [0.2, 0.25) is 0 Å². The zero-order valence-electron chi connectivity index (χ0n) is 19.4. The van der Waals surface area contributed by atoms with E-state index in [1.54, 1.807) is 25.1 Å². The Morgan fingerprint density at radius 1 is 0.912 bits per heavy atom. The van der Waals surface area contributed by atoms with Gasteiger partial charge in [-0.25, -0.2) is 4.79 Å². The Morgan fingerprint density at radius 3 is 2.35 bits per heavy atom. The van der Waals surface area contributed by atoms with Gasteiger partial charge in [-0.1, -0.05) is 19.1 Å². The molecule has 0 aliphatic carbocycles. The normalized spacial score (nSPS) is 14.9. The van der Waals surface area contributed by atoms with Gasteiger partial charge in [0.15, 0.2) is 23.0 Å². The molecule has 9 heteroatoms. The summed E-state index contributed by atoms with van der Waals surface area (Å²) in [4.78, 5) is 38.9. The zero-order chi connectivity index (χ0) is 24.7. The SMILES string of the molecule is CCCOc1ccc(CN2C(=O)NC(=O)/C(=C\c3ccc(O)c(OCC)c3)C2=O)cc1OCC. The van der Waals surface area contributed by atoms with E-state index >= 15 is 0 Å². The van der Waals surface area contributed by atoms with Crippen molar-refractivity contribution < 1.29 is 33.7 Å². The summed E-state index contributed by atoms with van der Waals surface area (Å²) in [6.45, 7) is 6.84. The van der Waals surface area contributed by atoms with Gasteiger partial charge in [-0.3, -0.25) is 19.8 Å². The van der Waals surface area contributed by atoms with Gasteiger partial charge in [-0.15, -0.1) is 0 Å². The number of ether oxygens (including phenoxy) is 3. The van der Waals surface area contributed by atoms with Crippen molar-refractivity contribution >= 4 is 23.9 Å². The Hall–Kier alpha value is -4.01. The minimum atomic E-state index is -0.808. The lowest BCUT2D eigenvalue weighted by molar-refractivity contribution is -0.130. The number of hydrogen-bond acceptors (Lipinski definition) is 7. The van der Waals surface area contributed by atoms with E-state index < -0.39 is 17.8 Å². The minimum Gasteiger partial charge on any atom is -0.504 e. The van der Waals surface area contributed by atoms with Crippen LogP contribution in [0, 0.1) is 0 Å². The highest BCUT2D eigenvalue weighted by molar-refractivity contribution is 6.30. The number of hydrogen-bond donors (Lipinski definition) is 2. The highest BCUT2D eigenvalue weighted by Crippen LogP contribution is 2.31. The Morgan fingerprint density at radius 2 is 1.65 bits per heavy atom. The van der Waals surface area contributed by atoms with Gasteiger partial charge in [0.25, 0.3) is 11.8 Å². The van der Waals surface area contributed by atoms with Crippen LogP contribution in [0.3, 0.4) is 0 Å². The molecule has 180 valence electrons. The molecule has 0 spiro atoms.